The number of nitrogens with one attached hydrogen (secondary N) is 1. The first kappa shape index (κ1) is 21.3. The zero-order chi connectivity index (χ0) is 21.9. The number of benzene rings is 2. The van der Waals surface area contributed by atoms with Gasteiger partial charge in [0.05, 0.1) is 7.11 Å². The molecule has 0 aliphatic carbocycles. The van der Waals surface area contributed by atoms with Crippen molar-refractivity contribution in [2.45, 2.75) is 11.4 Å². The number of carbonyl (C=O) groups is 1. The van der Waals surface area contributed by atoms with Crippen molar-refractivity contribution in [2.24, 2.45) is 0 Å². The summed E-state index contributed by atoms with van der Waals surface area (Å²) in [7, 11) is 0.337. The highest BCUT2D eigenvalue weighted by molar-refractivity contribution is 7.89. The SMILES string of the molecule is COc1ccc(NC(=O)Cn2c(-c3ccccc3)noc2=O)cc1S(=O)(=O)N(C)C. The fourth-order valence-electron chi connectivity index (χ4n) is 2.70. The Bertz CT molecular complexity index is 1220. The summed E-state index contributed by atoms with van der Waals surface area (Å²) >= 11 is 0. The van der Waals surface area contributed by atoms with E-state index in [-0.39, 0.29) is 28.7 Å². The molecule has 30 heavy (non-hydrogen) atoms. The lowest BCUT2D eigenvalue weighted by molar-refractivity contribution is -0.116. The van der Waals surface area contributed by atoms with Crippen LogP contribution in [0.2, 0.25) is 0 Å². The number of hydrogen-bond acceptors (Lipinski definition) is 7. The number of carbonyl (C=O) groups excluding carboxylic acids is 1. The van der Waals surface area contributed by atoms with Crippen molar-refractivity contribution in [1.82, 2.24) is 14.0 Å². The van der Waals surface area contributed by atoms with Crippen LogP contribution in [0, 0.1) is 0 Å². The molecule has 0 bridgehead atoms. The van der Waals surface area contributed by atoms with E-state index in [9.17, 15) is 18.0 Å². The Balaban J connectivity index is 1.87. The van der Waals surface area contributed by atoms with E-state index in [1.165, 1.54) is 39.4 Å². The van der Waals surface area contributed by atoms with Gasteiger partial charge in [0.2, 0.25) is 15.9 Å². The first-order valence-electron chi connectivity index (χ1n) is 8.76. The third kappa shape index (κ3) is 4.26. The van der Waals surface area contributed by atoms with E-state index in [4.69, 9.17) is 9.26 Å². The molecule has 0 unspecified atom stereocenters. The average Bonchev–Trinajstić information content (AvgIpc) is 3.08. The summed E-state index contributed by atoms with van der Waals surface area (Å²) in [4.78, 5) is 24.4. The third-order valence-electron chi connectivity index (χ3n) is 4.23. The van der Waals surface area contributed by atoms with Crippen LogP contribution in [0.1, 0.15) is 0 Å². The van der Waals surface area contributed by atoms with Gasteiger partial charge in [0.25, 0.3) is 0 Å². The Kier molecular flexibility index (Phi) is 6.04. The standard InChI is InChI=1S/C19H20N4O6S/c1-22(2)30(26,27)16-11-14(9-10-15(16)28-3)20-17(24)12-23-18(21-29-19(23)25)13-7-5-4-6-8-13/h4-11H,12H2,1-3H3,(H,20,24). The number of nitrogens with zero attached hydrogens (tertiary/aromatic N) is 3. The molecule has 1 amide bonds. The normalized spacial score (nSPS) is 11.5. The second-order valence-corrected chi connectivity index (χ2v) is 8.55. The number of methoxy groups -OCH3 is 1. The minimum Gasteiger partial charge on any atom is -0.495 e. The molecule has 0 saturated carbocycles. The molecule has 3 aromatic rings. The first-order chi connectivity index (χ1) is 14.2. The molecule has 2 aromatic carbocycles. The molecule has 0 spiro atoms. The molecule has 158 valence electrons. The molecule has 10 nitrogen and oxygen atoms in total. The molecule has 0 aliphatic heterocycles. The second-order valence-electron chi connectivity index (χ2n) is 6.43. The van der Waals surface area contributed by atoms with Crippen LogP contribution in [-0.4, -0.2) is 49.6 Å². The molecule has 0 radical (unpaired) electrons. The highest BCUT2D eigenvalue weighted by Gasteiger charge is 2.23. The van der Waals surface area contributed by atoms with Crippen LogP contribution in [0.4, 0.5) is 5.69 Å². The molecule has 0 saturated heterocycles. The molecule has 1 aromatic heterocycles. The van der Waals surface area contributed by atoms with Crippen molar-refractivity contribution in [3.63, 3.8) is 0 Å². The summed E-state index contributed by atoms with van der Waals surface area (Å²) in [6.45, 7) is -0.367. The second kappa shape index (κ2) is 8.51. The topological polar surface area (TPSA) is 124 Å². The van der Waals surface area contributed by atoms with Crippen LogP contribution in [0.5, 0.6) is 5.75 Å². The number of amides is 1. The number of ether oxygens (including phenoxy) is 1. The summed E-state index contributed by atoms with van der Waals surface area (Å²) in [6.07, 6.45) is 0. The monoisotopic (exact) mass is 432 g/mol. The molecule has 0 fully saturated rings. The number of anilines is 1. The smallest absolute Gasteiger partial charge is 0.442 e. The largest absolute Gasteiger partial charge is 0.495 e. The van der Waals surface area contributed by atoms with Gasteiger partial charge in [-0.2, -0.15) is 0 Å². The van der Waals surface area contributed by atoms with Crippen molar-refractivity contribution in [2.75, 3.05) is 26.5 Å². The van der Waals surface area contributed by atoms with Crippen molar-refractivity contribution >= 4 is 21.6 Å². The fourth-order valence-corrected chi connectivity index (χ4v) is 3.77. The van der Waals surface area contributed by atoms with E-state index in [1.807, 2.05) is 6.07 Å². The van der Waals surface area contributed by atoms with Gasteiger partial charge in [-0.05, 0) is 18.2 Å². The minimum atomic E-state index is -3.80. The fraction of sp³-hybridized carbons (Fsp3) is 0.211. The summed E-state index contributed by atoms with van der Waals surface area (Å²) < 4.78 is 37.0. The molecule has 3 rings (SSSR count). The van der Waals surface area contributed by atoms with Gasteiger partial charge < -0.3 is 10.1 Å². The molecule has 0 aliphatic rings. The number of hydrogen-bond donors (Lipinski definition) is 1. The van der Waals surface area contributed by atoms with Gasteiger partial charge in [-0.15, -0.1) is 0 Å². The van der Waals surface area contributed by atoms with Gasteiger partial charge in [-0.25, -0.2) is 22.1 Å². The van der Waals surface area contributed by atoms with Crippen molar-refractivity contribution in [3.8, 4) is 17.1 Å². The lowest BCUT2D eigenvalue weighted by Gasteiger charge is -2.16. The number of aromatic nitrogens is 2. The summed E-state index contributed by atoms with van der Waals surface area (Å²) in [5.41, 5.74) is 0.840. The molecular weight excluding hydrogens is 412 g/mol. The van der Waals surface area contributed by atoms with E-state index < -0.39 is 21.7 Å². The Morgan fingerprint density at radius 3 is 2.53 bits per heavy atom. The molecule has 1 N–H and O–H groups in total. The third-order valence-corrected chi connectivity index (χ3v) is 6.06. The predicted octanol–water partition coefficient (Wildman–Crippen LogP) is 1.40. The van der Waals surface area contributed by atoms with E-state index in [1.54, 1.807) is 24.3 Å². The number of sulfonamides is 1. The van der Waals surface area contributed by atoms with E-state index in [0.29, 0.717) is 5.56 Å². The molecule has 11 heteroatoms. The molecule has 1 heterocycles. The minimum absolute atomic E-state index is 0.0973. The lowest BCUT2D eigenvalue weighted by Crippen LogP contribution is -2.26. The zero-order valence-electron chi connectivity index (χ0n) is 16.5. The predicted molar refractivity (Wildman–Crippen MR) is 109 cm³/mol. The average molecular weight is 432 g/mol. The van der Waals surface area contributed by atoms with Crippen molar-refractivity contribution < 1.29 is 22.5 Å². The van der Waals surface area contributed by atoms with Gasteiger partial charge in [0.1, 0.15) is 17.2 Å². The quantitative estimate of drug-likeness (QED) is 0.598. The zero-order valence-corrected chi connectivity index (χ0v) is 17.3. The Hall–Kier alpha value is -3.44. The van der Waals surface area contributed by atoms with E-state index in [2.05, 4.69) is 10.5 Å². The summed E-state index contributed by atoms with van der Waals surface area (Å²) in [5, 5.41) is 6.31. The maximum atomic E-state index is 12.5. The van der Waals surface area contributed by atoms with E-state index in [0.717, 1.165) is 8.87 Å². The van der Waals surface area contributed by atoms with Gasteiger partial charge >= 0.3 is 5.76 Å². The highest BCUT2D eigenvalue weighted by Crippen LogP contribution is 2.29. The molecular formula is C19H20N4O6S. The van der Waals surface area contributed by atoms with Crippen molar-refractivity contribution in [1.29, 1.82) is 0 Å². The van der Waals surface area contributed by atoms with Crippen LogP contribution in [0.25, 0.3) is 11.4 Å². The van der Waals surface area contributed by atoms with Crippen molar-refractivity contribution in [3.05, 3.63) is 59.1 Å². The van der Waals surface area contributed by atoms with Crippen LogP contribution < -0.4 is 15.8 Å². The van der Waals surface area contributed by atoms with Gasteiger partial charge in [-0.1, -0.05) is 35.5 Å². The van der Waals surface area contributed by atoms with Crippen LogP contribution in [0.15, 0.2) is 62.7 Å². The van der Waals surface area contributed by atoms with Gasteiger partial charge in [0.15, 0.2) is 5.82 Å². The maximum Gasteiger partial charge on any atom is 0.442 e. The lowest BCUT2D eigenvalue weighted by atomic mass is 10.2. The van der Waals surface area contributed by atoms with Crippen LogP contribution in [-0.2, 0) is 21.4 Å². The van der Waals surface area contributed by atoms with E-state index >= 15 is 0 Å². The Morgan fingerprint density at radius 2 is 1.90 bits per heavy atom. The first-order valence-corrected chi connectivity index (χ1v) is 10.2. The highest BCUT2D eigenvalue weighted by atomic mass is 32.2. The Morgan fingerprint density at radius 1 is 1.20 bits per heavy atom. The van der Waals surface area contributed by atoms with Gasteiger partial charge in [0, 0.05) is 25.3 Å². The van der Waals surface area contributed by atoms with Crippen LogP contribution in [0.3, 0.4) is 0 Å². The Labute approximate surface area is 172 Å². The summed E-state index contributed by atoms with van der Waals surface area (Å²) in [5.74, 6) is -0.991. The maximum absolute atomic E-state index is 12.5. The van der Waals surface area contributed by atoms with Gasteiger partial charge in [-0.3, -0.25) is 9.32 Å². The summed E-state index contributed by atoms with van der Waals surface area (Å²) in [6, 6.07) is 13.0. The van der Waals surface area contributed by atoms with Crippen LogP contribution >= 0.6 is 0 Å². The number of rotatable bonds is 7. The molecule has 0 atom stereocenters.